The van der Waals surface area contributed by atoms with E-state index in [4.69, 9.17) is 10.3 Å². The van der Waals surface area contributed by atoms with Gasteiger partial charge in [-0.2, -0.15) is 0 Å². The molecule has 7 heteroatoms. The average Bonchev–Trinajstić information content (AvgIpc) is 2.15. The van der Waals surface area contributed by atoms with E-state index in [0.717, 1.165) is 0 Å². The van der Waals surface area contributed by atoms with Crippen molar-refractivity contribution >= 4 is 33.5 Å². The van der Waals surface area contributed by atoms with Gasteiger partial charge in [-0.3, -0.25) is 4.79 Å². The molecule has 0 aliphatic carbocycles. The van der Waals surface area contributed by atoms with Gasteiger partial charge in [-0.15, -0.1) is 0 Å². The minimum atomic E-state index is -1.45. The van der Waals surface area contributed by atoms with Crippen LogP contribution in [-0.4, -0.2) is 39.8 Å². The SMILES string of the molecule is CNC(=NO)C(Br)CCC(=O)C(=O)O. The van der Waals surface area contributed by atoms with Gasteiger partial charge in [0.15, 0.2) is 5.84 Å². The highest BCUT2D eigenvalue weighted by Gasteiger charge is 2.17. The molecule has 0 amide bonds. The Labute approximate surface area is 89.1 Å². The molecule has 0 saturated heterocycles. The maximum Gasteiger partial charge on any atom is 0.372 e. The average molecular weight is 267 g/mol. The molecule has 0 heterocycles. The van der Waals surface area contributed by atoms with Crippen LogP contribution < -0.4 is 5.32 Å². The summed E-state index contributed by atoms with van der Waals surface area (Å²) < 4.78 is 0. The molecular formula is C7H11BrN2O4. The van der Waals surface area contributed by atoms with Crippen molar-refractivity contribution < 1.29 is 19.9 Å². The zero-order valence-corrected chi connectivity index (χ0v) is 9.11. The number of alkyl halides is 1. The van der Waals surface area contributed by atoms with Crippen LogP contribution in [0.3, 0.4) is 0 Å². The zero-order valence-electron chi connectivity index (χ0n) is 7.53. The van der Waals surface area contributed by atoms with Crippen LogP contribution in [0, 0.1) is 0 Å². The van der Waals surface area contributed by atoms with E-state index in [1.165, 1.54) is 0 Å². The molecule has 1 atom stereocenters. The van der Waals surface area contributed by atoms with Crippen LogP contribution >= 0.6 is 15.9 Å². The Morgan fingerprint density at radius 1 is 1.57 bits per heavy atom. The lowest BCUT2D eigenvalue weighted by Crippen LogP contribution is -2.29. The summed E-state index contributed by atoms with van der Waals surface area (Å²) in [5.41, 5.74) is 0. The van der Waals surface area contributed by atoms with Gasteiger partial charge in [0.05, 0.1) is 4.83 Å². The molecule has 0 rings (SSSR count). The van der Waals surface area contributed by atoms with Crippen LogP contribution in [0.4, 0.5) is 0 Å². The molecule has 0 aromatic carbocycles. The van der Waals surface area contributed by atoms with E-state index in [0.29, 0.717) is 0 Å². The van der Waals surface area contributed by atoms with Crippen molar-refractivity contribution in [3.8, 4) is 0 Å². The van der Waals surface area contributed by atoms with E-state index in [2.05, 4.69) is 26.4 Å². The lowest BCUT2D eigenvalue weighted by molar-refractivity contribution is -0.149. The molecule has 0 saturated carbocycles. The number of carbonyl (C=O) groups is 2. The van der Waals surface area contributed by atoms with Gasteiger partial charge in [0.2, 0.25) is 5.78 Å². The van der Waals surface area contributed by atoms with Gasteiger partial charge in [0, 0.05) is 13.5 Å². The second-order valence-corrected chi connectivity index (χ2v) is 3.58. The normalized spacial score (nSPS) is 13.4. The predicted octanol–water partition coefficient (Wildman–Crippen LogP) is 0.191. The van der Waals surface area contributed by atoms with Crippen LogP contribution in [0.15, 0.2) is 5.16 Å². The fourth-order valence-corrected chi connectivity index (χ4v) is 1.32. The summed E-state index contributed by atoms with van der Waals surface area (Å²) in [5.74, 6) is -2.05. The number of carbonyl (C=O) groups excluding carboxylic acids is 1. The van der Waals surface area contributed by atoms with Gasteiger partial charge in [-0.1, -0.05) is 21.1 Å². The van der Waals surface area contributed by atoms with Crippen LogP contribution in [0.25, 0.3) is 0 Å². The molecule has 0 aliphatic rings. The number of oxime groups is 1. The van der Waals surface area contributed by atoms with Crippen molar-refractivity contribution in [2.24, 2.45) is 5.16 Å². The number of halogens is 1. The summed E-state index contributed by atoms with van der Waals surface area (Å²) in [6, 6.07) is 0. The molecule has 14 heavy (non-hydrogen) atoms. The molecule has 0 radical (unpaired) electrons. The first kappa shape index (κ1) is 12.9. The third kappa shape index (κ3) is 4.22. The molecule has 0 spiro atoms. The minimum absolute atomic E-state index is 0.105. The molecule has 0 aromatic rings. The first-order valence-electron chi connectivity index (χ1n) is 3.82. The molecule has 0 aromatic heterocycles. The molecule has 1 unspecified atom stereocenters. The maximum atomic E-state index is 10.7. The Kier molecular flexibility index (Phi) is 5.86. The van der Waals surface area contributed by atoms with E-state index in [1.807, 2.05) is 0 Å². The van der Waals surface area contributed by atoms with E-state index in [-0.39, 0.29) is 23.5 Å². The summed E-state index contributed by atoms with van der Waals surface area (Å²) in [7, 11) is 1.56. The molecule has 0 aliphatic heterocycles. The topological polar surface area (TPSA) is 99.0 Å². The van der Waals surface area contributed by atoms with E-state index >= 15 is 0 Å². The third-order valence-electron chi connectivity index (χ3n) is 1.52. The molecular weight excluding hydrogens is 256 g/mol. The van der Waals surface area contributed by atoms with E-state index < -0.39 is 11.8 Å². The van der Waals surface area contributed by atoms with Crippen LogP contribution in [0.1, 0.15) is 12.8 Å². The van der Waals surface area contributed by atoms with Gasteiger partial charge in [0.1, 0.15) is 0 Å². The van der Waals surface area contributed by atoms with E-state index in [1.54, 1.807) is 7.05 Å². The monoisotopic (exact) mass is 266 g/mol. The van der Waals surface area contributed by atoms with Gasteiger partial charge >= 0.3 is 5.97 Å². The summed E-state index contributed by atoms with van der Waals surface area (Å²) in [5, 5.41) is 22.3. The summed E-state index contributed by atoms with van der Waals surface area (Å²) >= 11 is 3.14. The first-order valence-corrected chi connectivity index (χ1v) is 4.74. The number of carboxylic acids is 1. The number of hydrogen-bond donors (Lipinski definition) is 3. The molecule has 6 nitrogen and oxygen atoms in total. The highest BCUT2D eigenvalue weighted by atomic mass is 79.9. The van der Waals surface area contributed by atoms with Gasteiger partial charge in [0.25, 0.3) is 0 Å². The number of nitrogens with one attached hydrogen (secondary N) is 1. The van der Waals surface area contributed by atoms with Gasteiger partial charge in [-0.05, 0) is 6.42 Å². The molecule has 3 N–H and O–H groups in total. The summed E-state index contributed by atoms with van der Waals surface area (Å²) in [4.78, 5) is 20.5. The number of aliphatic carboxylic acids is 1. The molecule has 80 valence electrons. The second-order valence-electron chi connectivity index (χ2n) is 2.47. The Morgan fingerprint density at radius 2 is 2.14 bits per heavy atom. The van der Waals surface area contributed by atoms with Gasteiger partial charge in [-0.25, -0.2) is 4.79 Å². The van der Waals surface area contributed by atoms with Crippen molar-refractivity contribution in [1.82, 2.24) is 5.32 Å². The summed E-state index contributed by atoms with van der Waals surface area (Å²) in [6.45, 7) is 0. The quantitative estimate of drug-likeness (QED) is 0.165. The fourth-order valence-electron chi connectivity index (χ4n) is 0.771. The largest absolute Gasteiger partial charge is 0.476 e. The maximum absolute atomic E-state index is 10.7. The Balaban J connectivity index is 4.02. The Hall–Kier alpha value is -1.11. The Bertz CT molecular complexity index is 254. The number of rotatable bonds is 5. The highest BCUT2D eigenvalue weighted by molar-refractivity contribution is 9.10. The van der Waals surface area contributed by atoms with Crippen molar-refractivity contribution in [2.75, 3.05) is 7.05 Å². The smallest absolute Gasteiger partial charge is 0.372 e. The lowest BCUT2D eigenvalue weighted by Gasteiger charge is -2.09. The minimum Gasteiger partial charge on any atom is -0.476 e. The number of amidine groups is 1. The van der Waals surface area contributed by atoms with Crippen molar-refractivity contribution in [3.05, 3.63) is 0 Å². The van der Waals surface area contributed by atoms with Crippen LogP contribution in [0.5, 0.6) is 0 Å². The second kappa shape index (κ2) is 6.36. The van der Waals surface area contributed by atoms with E-state index in [9.17, 15) is 9.59 Å². The van der Waals surface area contributed by atoms with Crippen molar-refractivity contribution in [3.63, 3.8) is 0 Å². The first-order chi connectivity index (χ1) is 6.52. The van der Waals surface area contributed by atoms with Crippen molar-refractivity contribution in [2.45, 2.75) is 17.7 Å². The highest BCUT2D eigenvalue weighted by Crippen LogP contribution is 2.09. The zero-order chi connectivity index (χ0) is 11.1. The Morgan fingerprint density at radius 3 is 2.50 bits per heavy atom. The lowest BCUT2D eigenvalue weighted by atomic mass is 10.1. The van der Waals surface area contributed by atoms with Crippen molar-refractivity contribution in [1.29, 1.82) is 0 Å². The predicted molar refractivity (Wildman–Crippen MR) is 52.9 cm³/mol. The molecule has 0 fully saturated rings. The standard InChI is InChI=1S/C7H11BrN2O4/c1-9-6(10-14)4(8)2-3-5(11)7(12)13/h4,14H,2-3H2,1H3,(H,9,10)(H,12,13). The van der Waals surface area contributed by atoms with Crippen LogP contribution in [-0.2, 0) is 9.59 Å². The third-order valence-corrected chi connectivity index (χ3v) is 2.42. The number of ketones is 1. The number of Topliss-reactive ketones (excluding diaryl/α,β-unsaturated/α-hetero) is 1. The summed E-state index contributed by atoms with van der Waals surface area (Å²) in [6.07, 6.45) is 0.150. The van der Waals surface area contributed by atoms with Crippen LogP contribution in [0.2, 0.25) is 0 Å². The fraction of sp³-hybridized carbons (Fsp3) is 0.571. The molecule has 0 bridgehead atoms. The number of hydrogen-bond acceptors (Lipinski definition) is 4. The number of carboxylic acid groups (broad SMARTS) is 1. The number of nitrogens with zero attached hydrogens (tertiary/aromatic N) is 1. The van der Waals surface area contributed by atoms with Gasteiger partial charge < -0.3 is 15.6 Å².